The summed E-state index contributed by atoms with van der Waals surface area (Å²) in [7, 11) is 1.71. The summed E-state index contributed by atoms with van der Waals surface area (Å²) in [6.07, 6.45) is 0. The summed E-state index contributed by atoms with van der Waals surface area (Å²) < 4.78 is 5.55. The van der Waals surface area contributed by atoms with Gasteiger partial charge in [0.15, 0.2) is 0 Å². The van der Waals surface area contributed by atoms with Crippen LogP contribution >= 0.6 is 0 Å². The highest BCUT2D eigenvalue weighted by atomic mass is 16.5. The summed E-state index contributed by atoms with van der Waals surface area (Å²) in [5.74, 6) is 0.931. The molecule has 0 aliphatic carbocycles. The van der Waals surface area contributed by atoms with E-state index < -0.39 is 0 Å². The molecule has 0 saturated heterocycles. The molecule has 0 aromatic heterocycles. The summed E-state index contributed by atoms with van der Waals surface area (Å²) in [5, 5.41) is 0. The number of methoxy groups -OCH3 is 1. The Kier molecular flexibility index (Phi) is 3.28. The van der Waals surface area contributed by atoms with Crippen molar-refractivity contribution in [3.05, 3.63) is 47.0 Å². The molecule has 2 nitrogen and oxygen atoms in total. The topological polar surface area (TPSA) is 35.2 Å². The van der Waals surface area contributed by atoms with Gasteiger partial charge in [-0.2, -0.15) is 0 Å². The SMILES string of the molecule is COc1c(-c2cc(C)cc(N)c2)ccc(C)c1C. The van der Waals surface area contributed by atoms with Crippen molar-refractivity contribution < 1.29 is 4.74 Å². The Hall–Kier alpha value is -1.96. The van der Waals surface area contributed by atoms with Crippen LogP contribution in [0.2, 0.25) is 0 Å². The maximum Gasteiger partial charge on any atom is 0.129 e. The van der Waals surface area contributed by atoms with E-state index in [2.05, 4.69) is 32.0 Å². The molecule has 18 heavy (non-hydrogen) atoms. The monoisotopic (exact) mass is 241 g/mol. The minimum absolute atomic E-state index is 0.783. The van der Waals surface area contributed by atoms with Gasteiger partial charge < -0.3 is 10.5 Å². The van der Waals surface area contributed by atoms with Gasteiger partial charge in [0.1, 0.15) is 5.75 Å². The number of ether oxygens (including phenoxy) is 1. The third-order valence-electron chi connectivity index (χ3n) is 3.29. The zero-order valence-electron chi connectivity index (χ0n) is 11.4. The molecule has 0 bridgehead atoms. The smallest absolute Gasteiger partial charge is 0.129 e. The van der Waals surface area contributed by atoms with Gasteiger partial charge in [0.2, 0.25) is 0 Å². The zero-order valence-corrected chi connectivity index (χ0v) is 11.4. The van der Waals surface area contributed by atoms with E-state index in [-0.39, 0.29) is 0 Å². The van der Waals surface area contributed by atoms with Crippen molar-refractivity contribution in [2.24, 2.45) is 0 Å². The highest BCUT2D eigenvalue weighted by molar-refractivity contribution is 5.75. The van der Waals surface area contributed by atoms with Gasteiger partial charge in [0, 0.05) is 11.3 Å². The maximum atomic E-state index is 5.92. The van der Waals surface area contributed by atoms with E-state index in [4.69, 9.17) is 10.5 Å². The second-order valence-electron chi connectivity index (χ2n) is 4.72. The van der Waals surface area contributed by atoms with Gasteiger partial charge in [-0.3, -0.25) is 0 Å². The highest BCUT2D eigenvalue weighted by Crippen LogP contribution is 2.35. The fraction of sp³-hybridized carbons (Fsp3) is 0.250. The standard InChI is InChI=1S/C16H19NO/c1-10-7-13(9-14(17)8-10)15-6-5-11(2)12(3)16(15)18-4/h5-9H,17H2,1-4H3. The lowest BCUT2D eigenvalue weighted by molar-refractivity contribution is 0.413. The molecule has 0 atom stereocenters. The Balaban J connectivity index is 2.67. The quantitative estimate of drug-likeness (QED) is 0.810. The molecule has 0 unspecified atom stereocenters. The molecule has 2 aromatic carbocycles. The second-order valence-corrected chi connectivity index (χ2v) is 4.72. The molecule has 0 saturated carbocycles. The average Bonchev–Trinajstić information content (AvgIpc) is 2.31. The first kappa shape index (κ1) is 12.5. The van der Waals surface area contributed by atoms with Crippen LogP contribution in [0.1, 0.15) is 16.7 Å². The van der Waals surface area contributed by atoms with Crippen molar-refractivity contribution in [1.29, 1.82) is 0 Å². The predicted octanol–water partition coefficient (Wildman–Crippen LogP) is 3.87. The minimum Gasteiger partial charge on any atom is -0.496 e. The van der Waals surface area contributed by atoms with Crippen LogP contribution in [0, 0.1) is 20.8 Å². The van der Waals surface area contributed by atoms with Gasteiger partial charge in [0.25, 0.3) is 0 Å². The van der Waals surface area contributed by atoms with Gasteiger partial charge in [-0.1, -0.05) is 18.2 Å². The zero-order chi connectivity index (χ0) is 13.3. The van der Waals surface area contributed by atoms with Gasteiger partial charge in [0.05, 0.1) is 7.11 Å². The summed E-state index contributed by atoms with van der Waals surface area (Å²) in [6.45, 7) is 6.22. The van der Waals surface area contributed by atoms with Crippen LogP contribution in [-0.2, 0) is 0 Å². The van der Waals surface area contributed by atoms with Crippen molar-refractivity contribution in [3.63, 3.8) is 0 Å². The maximum absolute atomic E-state index is 5.92. The lowest BCUT2D eigenvalue weighted by atomic mass is 9.97. The molecular weight excluding hydrogens is 222 g/mol. The Morgan fingerprint density at radius 2 is 1.72 bits per heavy atom. The van der Waals surface area contributed by atoms with Crippen LogP contribution in [0.4, 0.5) is 5.69 Å². The molecule has 0 amide bonds. The number of nitrogens with two attached hydrogens (primary N) is 1. The van der Waals surface area contributed by atoms with E-state index in [1.165, 1.54) is 11.1 Å². The lowest BCUT2D eigenvalue weighted by Gasteiger charge is -2.14. The van der Waals surface area contributed by atoms with Gasteiger partial charge in [-0.05, 0) is 55.2 Å². The Morgan fingerprint density at radius 3 is 2.33 bits per heavy atom. The van der Waals surface area contributed by atoms with E-state index >= 15 is 0 Å². The minimum atomic E-state index is 0.783. The fourth-order valence-electron chi connectivity index (χ4n) is 2.25. The number of benzene rings is 2. The molecule has 0 heterocycles. The van der Waals surface area contributed by atoms with Gasteiger partial charge >= 0.3 is 0 Å². The molecule has 2 aromatic rings. The van der Waals surface area contributed by atoms with Gasteiger partial charge in [-0.25, -0.2) is 0 Å². The van der Waals surface area contributed by atoms with E-state index in [0.717, 1.165) is 28.1 Å². The first-order chi connectivity index (χ1) is 8.52. The van der Waals surface area contributed by atoms with Crippen molar-refractivity contribution in [1.82, 2.24) is 0 Å². The summed E-state index contributed by atoms with van der Waals surface area (Å²) >= 11 is 0. The number of rotatable bonds is 2. The Labute approximate surface area is 108 Å². The van der Waals surface area contributed by atoms with Gasteiger partial charge in [-0.15, -0.1) is 0 Å². The molecule has 2 N–H and O–H groups in total. The summed E-state index contributed by atoms with van der Waals surface area (Å²) in [5.41, 5.74) is 12.5. The molecule has 0 aliphatic rings. The second kappa shape index (κ2) is 4.73. The normalized spacial score (nSPS) is 10.4. The van der Waals surface area contributed by atoms with Crippen LogP contribution in [0.25, 0.3) is 11.1 Å². The van der Waals surface area contributed by atoms with Crippen LogP contribution in [-0.4, -0.2) is 7.11 Å². The molecule has 2 rings (SSSR count). The molecule has 0 radical (unpaired) electrons. The Bertz CT molecular complexity index is 568. The number of aryl methyl sites for hydroxylation is 2. The van der Waals surface area contributed by atoms with Crippen LogP contribution in [0.5, 0.6) is 5.75 Å². The van der Waals surface area contributed by atoms with Crippen LogP contribution < -0.4 is 10.5 Å². The van der Waals surface area contributed by atoms with E-state index in [1.54, 1.807) is 7.11 Å². The summed E-state index contributed by atoms with van der Waals surface area (Å²) in [4.78, 5) is 0. The number of anilines is 1. The molecule has 94 valence electrons. The first-order valence-corrected chi connectivity index (χ1v) is 6.04. The summed E-state index contributed by atoms with van der Waals surface area (Å²) in [6, 6.07) is 10.3. The third-order valence-corrected chi connectivity index (χ3v) is 3.29. The highest BCUT2D eigenvalue weighted by Gasteiger charge is 2.11. The molecule has 0 spiro atoms. The largest absolute Gasteiger partial charge is 0.496 e. The third kappa shape index (κ3) is 2.19. The number of nitrogen functional groups attached to an aromatic ring is 1. The van der Waals surface area contributed by atoms with Crippen molar-refractivity contribution in [2.75, 3.05) is 12.8 Å². The van der Waals surface area contributed by atoms with Crippen molar-refractivity contribution >= 4 is 5.69 Å². The molecular formula is C16H19NO. The Morgan fingerprint density at radius 1 is 1.00 bits per heavy atom. The fourth-order valence-corrected chi connectivity index (χ4v) is 2.25. The average molecular weight is 241 g/mol. The van der Waals surface area contributed by atoms with Crippen LogP contribution in [0.15, 0.2) is 30.3 Å². The first-order valence-electron chi connectivity index (χ1n) is 6.04. The van der Waals surface area contributed by atoms with Crippen LogP contribution in [0.3, 0.4) is 0 Å². The van der Waals surface area contributed by atoms with Crippen molar-refractivity contribution in [3.8, 4) is 16.9 Å². The number of hydrogen-bond acceptors (Lipinski definition) is 2. The molecule has 2 heteroatoms. The number of hydrogen-bond donors (Lipinski definition) is 1. The molecule has 0 aliphatic heterocycles. The molecule has 0 fully saturated rings. The van der Waals surface area contributed by atoms with E-state index in [1.807, 2.05) is 19.1 Å². The van der Waals surface area contributed by atoms with Crippen molar-refractivity contribution in [2.45, 2.75) is 20.8 Å². The van der Waals surface area contributed by atoms with E-state index in [0.29, 0.717) is 0 Å². The predicted molar refractivity (Wildman–Crippen MR) is 77.1 cm³/mol. The van der Waals surface area contributed by atoms with E-state index in [9.17, 15) is 0 Å². The lowest BCUT2D eigenvalue weighted by Crippen LogP contribution is -1.95.